The van der Waals surface area contributed by atoms with Crippen LogP contribution in [0.2, 0.25) is 0 Å². The lowest BCUT2D eigenvalue weighted by Crippen LogP contribution is -2.42. The van der Waals surface area contributed by atoms with Crippen molar-refractivity contribution in [3.05, 3.63) is 35.9 Å². The highest BCUT2D eigenvalue weighted by Crippen LogP contribution is 2.10. The van der Waals surface area contributed by atoms with E-state index >= 15 is 0 Å². The molecule has 98 valence electrons. The minimum atomic E-state index is -1.04. The smallest absolute Gasteiger partial charge is 0.325 e. The van der Waals surface area contributed by atoms with Crippen molar-refractivity contribution < 1.29 is 14.7 Å². The summed E-state index contributed by atoms with van der Waals surface area (Å²) in [6.07, 6.45) is 0.558. The molecule has 0 heterocycles. The molecule has 0 saturated heterocycles. The highest BCUT2D eigenvalue weighted by molar-refractivity contribution is 7.80. The average Bonchev–Trinajstić information content (AvgIpc) is 2.36. The molecule has 2 N–H and O–H groups in total. The first-order chi connectivity index (χ1) is 8.54. The lowest BCUT2D eigenvalue weighted by molar-refractivity contribution is -0.141. The molecule has 0 fully saturated rings. The molecule has 2 atom stereocenters. The Morgan fingerprint density at radius 2 is 1.94 bits per heavy atom. The normalized spacial score (nSPS) is 13.7. The van der Waals surface area contributed by atoms with Crippen LogP contribution in [-0.4, -0.2) is 28.8 Å². The number of hydrogen-bond donors (Lipinski definition) is 3. The number of hydrogen-bond acceptors (Lipinski definition) is 3. The third-order valence-corrected chi connectivity index (χ3v) is 3.09. The molecule has 0 aliphatic carbocycles. The minimum absolute atomic E-state index is 0.274. The van der Waals surface area contributed by atoms with E-state index < -0.39 is 12.0 Å². The van der Waals surface area contributed by atoms with Gasteiger partial charge in [0.15, 0.2) is 0 Å². The Morgan fingerprint density at radius 1 is 1.33 bits per heavy atom. The second-order valence-corrected chi connectivity index (χ2v) is 4.50. The van der Waals surface area contributed by atoms with Gasteiger partial charge in [0.2, 0.25) is 5.91 Å². The largest absolute Gasteiger partial charge is 0.480 e. The number of rotatable bonds is 6. The van der Waals surface area contributed by atoms with Crippen molar-refractivity contribution in [1.29, 1.82) is 0 Å². The number of carboxylic acid groups (broad SMARTS) is 1. The summed E-state index contributed by atoms with van der Waals surface area (Å²) in [6.45, 7) is 1.44. The van der Waals surface area contributed by atoms with Gasteiger partial charge in [0.05, 0.1) is 5.92 Å². The second kappa shape index (κ2) is 7.06. The van der Waals surface area contributed by atoms with Crippen molar-refractivity contribution in [1.82, 2.24) is 5.32 Å². The minimum Gasteiger partial charge on any atom is -0.480 e. The first kappa shape index (κ1) is 14.6. The lowest BCUT2D eigenvalue weighted by Gasteiger charge is -2.16. The topological polar surface area (TPSA) is 66.4 Å². The molecule has 0 bridgehead atoms. The summed E-state index contributed by atoms with van der Waals surface area (Å²) >= 11 is 4.15. The van der Waals surface area contributed by atoms with Crippen LogP contribution in [0, 0.1) is 5.92 Å². The summed E-state index contributed by atoms with van der Waals surface area (Å²) < 4.78 is 0. The van der Waals surface area contributed by atoms with Crippen LogP contribution in [0.25, 0.3) is 0 Å². The number of carboxylic acids is 1. The molecule has 1 amide bonds. The number of benzene rings is 1. The monoisotopic (exact) mass is 267 g/mol. The van der Waals surface area contributed by atoms with Crippen molar-refractivity contribution >= 4 is 24.5 Å². The molecule has 0 aromatic heterocycles. The summed E-state index contributed by atoms with van der Waals surface area (Å²) in [7, 11) is 0. The molecule has 18 heavy (non-hydrogen) atoms. The maximum atomic E-state index is 11.9. The Labute approximate surface area is 112 Å². The summed E-state index contributed by atoms with van der Waals surface area (Å²) in [5, 5.41) is 11.2. The SMILES string of the molecule is C[C@@H](NC(=O)C(CS)Cc1ccccc1)C(=O)O. The number of carbonyl (C=O) groups excluding carboxylic acids is 1. The molecule has 1 unspecified atom stereocenters. The van der Waals surface area contributed by atoms with Crippen LogP contribution in [0.1, 0.15) is 12.5 Å². The standard InChI is InChI=1S/C13H17NO3S/c1-9(13(16)17)14-12(15)11(8-18)7-10-5-3-2-4-6-10/h2-6,9,11,18H,7-8H2,1H3,(H,14,15)(H,16,17)/t9-,11?/m1/s1. The highest BCUT2D eigenvalue weighted by Gasteiger charge is 2.21. The number of amides is 1. The van der Waals surface area contributed by atoms with Gasteiger partial charge in [-0.2, -0.15) is 12.6 Å². The van der Waals surface area contributed by atoms with E-state index in [0.717, 1.165) is 5.56 Å². The molecule has 1 aromatic carbocycles. The van der Waals surface area contributed by atoms with Crippen LogP contribution in [-0.2, 0) is 16.0 Å². The van der Waals surface area contributed by atoms with Crippen LogP contribution in [0.3, 0.4) is 0 Å². The first-order valence-electron chi connectivity index (χ1n) is 5.72. The molecule has 5 heteroatoms. The predicted octanol–water partition coefficient (Wildman–Crippen LogP) is 1.36. The van der Waals surface area contributed by atoms with Crippen LogP contribution >= 0.6 is 12.6 Å². The van der Waals surface area contributed by atoms with Crippen LogP contribution in [0.5, 0.6) is 0 Å². The maximum Gasteiger partial charge on any atom is 0.325 e. The predicted molar refractivity (Wildman–Crippen MR) is 72.7 cm³/mol. The number of carbonyl (C=O) groups is 2. The van der Waals surface area contributed by atoms with E-state index in [0.29, 0.717) is 12.2 Å². The van der Waals surface area contributed by atoms with E-state index in [1.54, 1.807) is 0 Å². The number of aliphatic carboxylic acids is 1. The third-order valence-electron chi connectivity index (χ3n) is 2.65. The summed E-state index contributed by atoms with van der Waals surface area (Å²) in [5.41, 5.74) is 1.04. The first-order valence-corrected chi connectivity index (χ1v) is 6.35. The quantitative estimate of drug-likeness (QED) is 0.682. The van der Waals surface area contributed by atoms with Crippen molar-refractivity contribution in [2.45, 2.75) is 19.4 Å². The molecule has 4 nitrogen and oxygen atoms in total. The van der Waals surface area contributed by atoms with Gasteiger partial charge in [-0.1, -0.05) is 30.3 Å². The Balaban J connectivity index is 2.61. The second-order valence-electron chi connectivity index (χ2n) is 4.14. The van der Waals surface area contributed by atoms with Crippen molar-refractivity contribution in [2.75, 3.05) is 5.75 Å². The van der Waals surface area contributed by atoms with Gasteiger partial charge < -0.3 is 10.4 Å². The Hall–Kier alpha value is -1.49. The number of thiol groups is 1. The molecule has 0 aliphatic heterocycles. The summed E-state index contributed by atoms with van der Waals surface area (Å²) in [6, 6.07) is 8.71. The van der Waals surface area contributed by atoms with E-state index in [9.17, 15) is 9.59 Å². The highest BCUT2D eigenvalue weighted by atomic mass is 32.1. The van der Waals surface area contributed by atoms with Gasteiger partial charge in [-0.3, -0.25) is 9.59 Å². The fourth-order valence-corrected chi connectivity index (χ4v) is 1.83. The van der Waals surface area contributed by atoms with Crippen molar-refractivity contribution in [3.8, 4) is 0 Å². The molecule has 0 aliphatic rings. The fraction of sp³-hybridized carbons (Fsp3) is 0.385. The van der Waals surface area contributed by atoms with E-state index in [1.165, 1.54) is 6.92 Å². The van der Waals surface area contributed by atoms with Crippen molar-refractivity contribution in [2.24, 2.45) is 5.92 Å². The maximum absolute atomic E-state index is 11.9. The molecule has 0 radical (unpaired) electrons. The van der Waals surface area contributed by atoms with Gasteiger partial charge in [-0.15, -0.1) is 0 Å². The van der Waals surface area contributed by atoms with Gasteiger partial charge in [-0.05, 0) is 18.9 Å². The van der Waals surface area contributed by atoms with E-state index in [-0.39, 0.29) is 11.8 Å². The van der Waals surface area contributed by atoms with Crippen molar-refractivity contribution in [3.63, 3.8) is 0 Å². The molecule has 1 aromatic rings. The average molecular weight is 267 g/mol. The van der Waals surface area contributed by atoms with Gasteiger partial charge >= 0.3 is 5.97 Å². The lowest BCUT2D eigenvalue weighted by atomic mass is 10.00. The van der Waals surface area contributed by atoms with Gasteiger partial charge in [-0.25, -0.2) is 0 Å². The Bertz CT molecular complexity index is 408. The van der Waals surface area contributed by atoms with Crippen LogP contribution in [0.4, 0.5) is 0 Å². The van der Waals surface area contributed by atoms with E-state index in [4.69, 9.17) is 5.11 Å². The van der Waals surface area contributed by atoms with Gasteiger partial charge in [0, 0.05) is 5.75 Å². The van der Waals surface area contributed by atoms with Crippen LogP contribution in [0.15, 0.2) is 30.3 Å². The third kappa shape index (κ3) is 4.41. The zero-order valence-electron chi connectivity index (χ0n) is 10.2. The molecule has 1 rings (SSSR count). The molecule has 0 saturated carbocycles. The fourth-order valence-electron chi connectivity index (χ4n) is 1.53. The number of nitrogens with one attached hydrogen (secondary N) is 1. The molecule has 0 spiro atoms. The van der Waals surface area contributed by atoms with E-state index in [2.05, 4.69) is 17.9 Å². The Kier molecular flexibility index (Phi) is 5.71. The zero-order chi connectivity index (χ0) is 13.5. The molecular formula is C13H17NO3S. The Morgan fingerprint density at radius 3 is 2.44 bits per heavy atom. The zero-order valence-corrected chi connectivity index (χ0v) is 11.1. The van der Waals surface area contributed by atoms with E-state index in [1.807, 2.05) is 30.3 Å². The van der Waals surface area contributed by atoms with Gasteiger partial charge in [0.1, 0.15) is 6.04 Å². The summed E-state index contributed by atoms with van der Waals surface area (Å²) in [4.78, 5) is 22.5. The summed E-state index contributed by atoms with van der Waals surface area (Å²) in [5.74, 6) is -1.25. The van der Waals surface area contributed by atoms with Gasteiger partial charge in [0.25, 0.3) is 0 Å². The van der Waals surface area contributed by atoms with Crippen LogP contribution < -0.4 is 5.32 Å². The molecular weight excluding hydrogens is 250 g/mol.